The van der Waals surface area contributed by atoms with E-state index < -0.39 is 53.7 Å². The number of halogens is 4. The van der Waals surface area contributed by atoms with E-state index in [1.54, 1.807) is 5.32 Å². The quantitative estimate of drug-likeness (QED) is 0.664. The molecule has 10 heteroatoms. The van der Waals surface area contributed by atoms with E-state index in [1.165, 1.54) is 20.8 Å². The zero-order valence-electron chi connectivity index (χ0n) is 14.3. The number of anilines is 1. The Balaban J connectivity index is 2.99. The number of hydrogen-bond acceptors (Lipinski definition) is 3. The largest absolute Gasteiger partial charge is 0.481 e. The van der Waals surface area contributed by atoms with Gasteiger partial charge in [0.25, 0.3) is 5.91 Å². The first-order valence-corrected chi connectivity index (χ1v) is 7.41. The van der Waals surface area contributed by atoms with Crippen LogP contribution in [0.25, 0.3) is 0 Å². The van der Waals surface area contributed by atoms with Crippen LogP contribution in [0.3, 0.4) is 0 Å². The number of carboxylic acids is 1. The molecule has 144 valence electrons. The van der Waals surface area contributed by atoms with Gasteiger partial charge in [0.05, 0.1) is 5.41 Å². The molecule has 0 saturated carbocycles. The molecule has 0 fully saturated rings. The van der Waals surface area contributed by atoms with Crippen LogP contribution in [0.1, 0.15) is 36.2 Å². The van der Waals surface area contributed by atoms with Crippen LogP contribution in [-0.4, -0.2) is 35.6 Å². The highest BCUT2D eigenvalue weighted by Gasteiger charge is 2.31. The third-order valence-electron chi connectivity index (χ3n) is 3.51. The first-order chi connectivity index (χ1) is 11.7. The average Bonchev–Trinajstić information content (AvgIpc) is 2.47. The zero-order chi connectivity index (χ0) is 20.3. The molecule has 0 atom stereocenters. The summed E-state index contributed by atoms with van der Waals surface area (Å²) in [5.74, 6) is -4.02. The fourth-order valence-electron chi connectivity index (χ4n) is 1.89. The van der Waals surface area contributed by atoms with Crippen LogP contribution >= 0.6 is 0 Å². The monoisotopic (exact) mass is 378 g/mol. The molecule has 0 aliphatic rings. The molecule has 0 aliphatic heterocycles. The molecule has 0 radical (unpaired) electrons. The first kappa shape index (κ1) is 21.4. The normalized spacial score (nSPS) is 11.8. The van der Waals surface area contributed by atoms with Gasteiger partial charge in [-0.2, -0.15) is 13.2 Å². The topological polar surface area (TPSA) is 95.5 Å². The van der Waals surface area contributed by atoms with Gasteiger partial charge < -0.3 is 15.7 Å². The van der Waals surface area contributed by atoms with E-state index in [2.05, 4.69) is 5.32 Å². The first-order valence-electron chi connectivity index (χ1n) is 7.41. The number of benzene rings is 1. The number of carbonyl (C=O) groups is 3. The minimum absolute atomic E-state index is 0.0427. The molecular weight excluding hydrogens is 360 g/mol. The molecule has 0 saturated heterocycles. The Morgan fingerprint density at radius 3 is 2.23 bits per heavy atom. The van der Waals surface area contributed by atoms with Crippen molar-refractivity contribution < 1.29 is 37.1 Å². The maximum absolute atomic E-state index is 13.9. The Morgan fingerprint density at radius 2 is 1.73 bits per heavy atom. The van der Waals surface area contributed by atoms with Gasteiger partial charge in [-0.1, -0.05) is 0 Å². The van der Waals surface area contributed by atoms with Gasteiger partial charge in [0.2, 0.25) is 5.91 Å². The molecule has 26 heavy (non-hydrogen) atoms. The molecule has 3 N–H and O–H groups in total. The maximum atomic E-state index is 13.9. The van der Waals surface area contributed by atoms with Crippen molar-refractivity contribution in [3.63, 3.8) is 0 Å². The van der Waals surface area contributed by atoms with Crippen LogP contribution in [-0.2, 0) is 9.59 Å². The standard InChI is InChI=1S/C16H18F4N2O4/c1-8-10(17)4-9(13(24)21-7-16(18,19)20)5-11(8)22-12(23)6-15(2,3)14(25)26/h4-5H,6-7H2,1-3H3,(H,21,24)(H,22,23)(H,25,26). The van der Waals surface area contributed by atoms with Crippen LogP contribution in [0.5, 0.6) is 0 Å². The average molecular weight is 378 g/mol. The van der Waals surface area contributed by atoms with Gasteiger partial charge in [0.15, 0.2) is 0 Å². The number of rotatable bonds is 6. The third kappa shape index (κ3) is 6.01. The zero-order valence-corrected chi connectivity index (χ0v) is 14.3. The number of amides is 2. The number of nitrogens with one attached hydrogen (secondary N) is 2. The van der Waals surface area contributed by atoms with Gasteiger partial charge in [-0.15, -0.1) is 0 Å². The predicted molar refractivity (Wildman–Crippen MR) is 84.2 cm³/mol. The Hall–Kier alpha value is -2.65. The lowest BCUT2D eigenvalue weighted by Crippen LogP contribution is -2.34. The summed E-state index contributed by atoms with van der Waals surface area (Å²) in [4.78, 5) is 34.8. The lowest BCUT2D eigenvalue weighted by Gasteiger charge is -2.19. The maximum Gasteiger partial charge on any atom is 0.405 e. The molecule has 2 amide bonds. The van der Waals surface area contributed by atoms with Gasteiger partial charge in [0, 0.05) is 23.2 Å². The summed E-state index contributed by atoms with van der Waals surface area (Å²) in [7, 11) is 0. The van der Waals surface area contributed by atoms with Crippen molar-refractivity contribution >= 4 is 23.5 Å². The summed E-state index contributed by atoms with van der Waals surface area (Å²) in [5, 5.41) is 12.9. The summed E-state index contributed by atoms with van der Waals surface area (Å²) < 4.78 is 50.4. The molecule has 0 unspecified atom stereocenters. The molecule has 0 heterocycles. The molecular formula is C16H18F4N2O4. The molecule has 0 spiro atoms. The van der Waals surface area contributed by atoms with E-state index in [9.17, 15) is 31.9 Å². The van der Waals surface area contributed by atoms with Crippen LogP contribution in [0, 0.1) is 18.2 Å². The van der Waals surface area contributed by atoms with Crippen molar-refractivity contribution in [2.24, 2.45) is 5.41 Å². The summed E-state index contributed by atoms with van der Waals surface area (Å²) >= 11 is 0. The number of alkyl halides is 3. The van der Waals surface area contributed by atoms with Crippen molar-refractivity contribution in [2.45, 2.75) is 33.4 Å². The smallest absolute Gasteiger partial charge is 0.405 e. The number of hydrogen-bond donors (Lipinski definition) is 3. The summed E-state index contributed by atoms with van der Waals surface area (Å²) in [6.45, 7) is 2.35. The molecule has 0 aromatic heterocycles. The molecule has 1 aromatic rings. The van der Waals surface area contributed by atoms with E-state index in [0.717, 1.165) is 12.1 Å². The highest BCUT2D eigenvalue weighted by atomic mass is 19.4. The molecule has 1 aromatic carbocycles. The summed E-state index contributed by atoms with van der Waals surface area (Å²) in [6.07, 6.45) is -5.05. The van der Waals surface area contributed by atoms with Gasteiger partial charge in [-0.05, 0) is 32.9 Å². The van der Waals surface area contributed by atoms with Crippen LogP contribution < -0.4 is 10.6 Å². The summed E-state index contributed by atoms with van der Waals surface area (Å²) in [5.41, 5.74) is -1.96. The minimum Gasteiger partial charge on any atom is -0.481 e. The van der Waals surface area contributed by atoms with Crippen molar-refractivity contribution in [1.82, 2.24) is 5.32 Å². The van der Waals surface area contributed by atoms with Crippen LogP contribution in [0.2, 0.25) is 0 Å². The summed E-state index contributed by atoms with van der Waals surface area (Å²) in [6, 6.07) is 1.77. The fourth-order valence-corrected chi connectivity index (χ4v) is 1.89. The number of carbonyl (C=O) groups excluding carboxylic acids is 2. The SMILES string of the molecule is Cc1c(F)cc(C(=O)NCC(F)(F)F)cc1NC(=O)CC(C)(C)C(=O)O. The minimum atomic E-state index is -4.63. The molecule has 1 rings (SSSR count). The lowest BCUT2D eigenvalue weighted by molar-refractivity contribution is -0.149. The van der Waals surface area contributed by atoms with Gasteiger partial charge in [-0.25, -0.2) is 4.39 Å². The second kappa shape index (κ2) is 7.71. The van der Waals surface area contributed by atoms with Gasteiger partial charge in [0.1, 0.15) is 12.4 Å². The second-order valence-electron chi connectivity index (χ2n) is 6.34. The van der Waals surface area contributed by atoms with Crippen molar-refractivity contribution in [3.05, 3.63) is 29.1 Å². The van der Waals surface area contributed by atoms with Crippen LogP contribution in [0.15, 0.2) is 12.1 Å². The Bertz CT molecular complexity index is 730. The number of aliphatic carboxylic acids is 1. The fraction of sp³-hybridized carbons (Fsp3) is 0.438. The highest BCUT2D eigenvalue weighted by Crippen LogP contribution is 2.25. The van der Waals surface area contributed by atoms with Crippen LogP contribution in [0.4, 0.5) is 23.2 Å². The lowest BCUT2D eigenvalue weighted by atomic mass is 9.89. The molecule has 0 aliphatic carbocycles. The second-order valence-corrected chi connectivity index (χ2v) is 6.34. The van der Waals surface area contributed by atoms with Crippen molar-refractivity contribution in [2.75, 3.05) is 11.9 Å². The molecule has 0 bridgehead atoms. The highest BCUT2D eigenvalue weighted by molar-refractivity contribution is 5.98. The van der Waals surface area contributed by atoms with E-state index >= 15 is 0 Å². The third-order valence-corrected chi connectivity index (χ3v) is 3.51. The Labute approximate surface area is 146 Å². The Morgan fingerprint density at radius 1 is 1.15 bits per heavy atom. The van der Waals surface area contributed by atoms with Crippen molar-refractivity contribution in [1.29, 1.82) is 0 Å². The van der Waals surface area contributed by atoms with E-state index in [1.807, 2.05) is 0 Å². The predicted octanol–water partition coefficient (Wildman–Crippen LogP) is 2.87. The van der Waals surface area contributed by atoms with Crippen molar-refractivity contribution in [3.8, 4) is 0 Å². The van der Waals surface area contributed by atoms with E-state index in [4.69, 9.17) is 5.11 Å². The molecule has 6 nitrogen and oxygen atoms in total. The Kier molecular flexibility index (Phi) is 6.34. The van der Waals surface area contributed by atoms with Gasteiger partial charge >= 0.3 is 12.1 Å². The van der Waals surface area contributed by atoms with E-state index in [0.29, 0.717) is 0 Å². The van der Waals surface area contributed by atoms with E-state index in [-0.39, 0.29) is 11.3 Å². The number of carboxylic acid groups (broad SMARTS) is 1. The van der Waals surface area contributed by atoms with Gasteiger partial charge in [-0.3, -0.25) is 14.4 Å².